The van der Waals surface area contributed by atoms with E-state index in [-0.39, 0.29) is 41.9 Å². The maximum Gasteiger partial charge on any atom is 0.333 e. The Balaban J connectivity index is 1.83. The van der Waals surface area contributed by atoms with Gasteiger partial charge in [0, 0.05) is 17.4 Å². The number of fused-ring (bicyclic) bond motifs is 1. The summed E-state index contributed by atoms with van der Waals surface area (Å²) in [7, 11) is 0. The molecular formula is C13H16O4. The molecule has 2 aliphatic carbocycles. The van der Waals surface area contributed by atoms with Crippen LogP contribution in [0.15, 0.2) is 12.2 Å². The highest BCUT2D eigenvalue weighted by atomic mass is 16.6. The van der Waals surface area contributed by atoms with Crippen LogP contribution in [0.25, 0.3) is 0 Å². The van der Waals surface area contributed by atoms with Gasteiger partial charge in [0.1, 0.15) is 12.2 Å². The van der Waals surface area contributed by atoms with Gasteiger partial charge in [-0.3, -0.25) is 4.79 Å². The largest absolute Gasteiger partial charge is 0.458 e. The van der Waals surface area contributed by atoms with Gasteiger partial charge in [-0.25, -0.2) is 4.79 Å². The van der Waals surface area contributed by atoms with Gasteiger partial charge in [0.25, 0.3) is 0 Å². The van der Waals surface area contributed by atoms with Crippen molar-refractivity contribution in [3.63, 3.8) is 0 Å². The van der Waals surface area contributed by atoms with Crippen LogP contribution in [-0.2, 0) is 19.1 Å². The monoisotopic (exact) mass is 236 g/mol. The zero-order valence-electron chi connectivity index (χ0n) is 10.0. The van der Waals surface area contributed by atoms with Crippen molar-refractivity contribution in [2.75, 3.05) is 0 Å². The second kappa shape index (κ2) is 3.34. The lowest BCUT2D eigenvalue weighted by atomic mass is 9.88. The zero-order chi connectivity index (χ0) is 12.3. The second-order valence-electron chi connectivity index (χ2n) is 5.49. The van der Waals surface area contributed by atoms with Gasteiger partial charge in [-0.2, -0.15) is 0 Å². The Hall–Kier alpha value is -1.32. The Labute approximate surface area is 100.0 Å². The van der Waals surface area contributed by atoms with Gasteiger partial charge in [0.2, 0.25) is 0 Å². The quantitative estimate of drug-likeness (QED) is 0.535. The normalized spacial score (nSPS) is 45.9. The van der Waals surface area contributed by atoms with Crippen LogP contribution in [0, 0.1) is 23.7 Å². The van der Waals surface area contributed by atoms with E-state index >= 15 is 0 Å². The van der Waals surface area contributed by atoms with Gasteiger partial charge in [-0.05, 0) is 19.3 Å². The first-order chi connectivity index (χ1) is 8.00. The fourth-order valence-corrected chi connectivity index (χ4v) is 3.74. The molecule has 1 heterocycles. The van der Waals surface area contributed by atoms with E-state index in [0.29, 0.717) is 11.5 Å². The number of carbonyl (C=O) groups is 2. The Morgan fingerprint density at radius 3 is 2.88 bits per heavy atom. The molecule has 1 aliphatic heterocycles. The van der Waals surface area contributed by atoms with Gasteiger partial charge in [-0.1, -0.05) is 13.5 Å². The van der Waals surface area contributed by atoms with E-state index in [1.165, 1.54) is 0 Å². The predicted octanol–water partition coefficient (Wildman–Crippen LogP) is 1.30. The number of rotatable bonds is 2. The molecule has 0 aromatic rings. The van der Waals surface area contributed by atoms with Crippen molar-refractivity contribution in [2.24, 2.45) is 23.7 Å². The summed E-state index contributed by atoms with van der Waals surface area (Å²) in [5.74, 6) is 0.469. The highest BCUT2D eigenvalue weighted by Crippen LogP contribution is 2.58. The highest BCUT2D eigenvalue weighted by molar-refractivity contribution is 5.87. The van der Waals surface area contributed by atoms with Crippen LogP contribution in [0.2, 0.25) is 0 Å². The van der Waals surface area contributed by atoms with Crippen LogP contribution >= 0.6 is 0 Å². The Morgan fingerprint density at radius 1 is 1.53 bits per heavy atom. The van der Waals surface area contributed by atoms with Crippen LogP contribution in [-0.4, -0.2) is 24.1 Å². The average molecular weight is 236 g/mol. The number of hydrogen-bond acceptors (Lipinski definition) is 4. The fourth-order valence-electron chi connectivity index (χ4n) is 3.74. The van der Waals surface area contributed by atoms with Crippen molar-refractivity contribution in [1.29, 1.82) is 0 Å². The van der Waals surface area contributed by atoms with E-state index in [0.717, 1.165) is 6.42 Å². The fraction of sp³-hybridized carbons (Fsp3) is 0.692. The maximum atomic E-state index is 11.6. The molecule has 2 saturated carbocycles. The molecular weight excluding hydrogens is 220 g/mol. The van der Waals surface area contributed by atoms with Gasteiger partial charge in [0.15, 0.2) is 0 Å². The molecule has 3 aliphatic rings. The molecule has 0 aromatic heterocycles. The first kappa shape index (κ1) is 10.8. The Morgan fingerprint density at radius 2 is 2.24 bits per heavy atom. The van der Waals surface area contributed by atoms with Gasteiger partial charge in [0.05, 0.1) is 5.92 Å². The minimum absolute atomic E-state index is 0.0415. The SMILES string of the molecule is C=C(C)C(=O)OC1C2OC(=O)C3CC1[C@@H](C)C32. The van der Waals surface area contributed by atoms with Crippen LogP contribution in [0.5, 0.6) is 0 Å². The lowest BCUT2D eigenvalue weighted by molar-refractivity contribution is -0.158. The lowest BCUT2D eigenvalue weighted by Gasteiger charge is -2.25. The molecule has 4 nitrogen and oxygen atoms in total. The summed E-state index contributed by atoms with van der Waals surface area (Å²) >= 11 is 0. The van der Waals surface area contributed by atoms with E-state index in [1.54, 1.807) is 6.92 Å². The predicted molar refractivity (Wildman–Crippen MR) is 58.8 cm³/mol. The third-order valence-electron chi connectivity index (χ3n) is 4.54. The summed E-state index contributed by atoms with van der Waals surface area (Å²) in [6, 6.07) is 0. The van der Waals surface area contributed by atoms with Crippen molar-refractivity contribution in [2.45, 2.75) is 32.5 Å². The average Bonchev–Trinajstić information content (AvgIpc) is 2.80. The van der Waals surface area contributed by atoms with Crippen LogP contribution in [0.1, 0.15) is 20.3 Å². The molecule has 0 radical (unpaired) electrons. The topological polar surface area (TPSA) is 52.6 Å². The summed E-state index contributed by atoms with van der Waals surface area (Å²) in [6.07, 6.45) is 0.321. The summed E-state index contributed by atoms with van der Waals surface area (Å²) in [5, 5.41) is 0. The van der Waals surface area contributed by atoms with E-state index < -0.39 is 0 Å². The molecule has 0 N–H and O–H groups in total. The molecule has 0 aromatic carbocycles. The number of hydrogen-bond donors (Lipinski definition) is 0. The number of carbonyl (C=O) groups excluding carboxylic acids is 2. The molecule has 1 saturated heterocycles. The number of esters is 2. The summed E-state index contributed by atoms with van der Waals surface area (Å²) in [6.45, 7) is 7.32. The van der Waals surface area contributed by atoms with E-state index in [4.69, 9.17) is 9.47 Å². The molecule has 17 heavy (non-hydrogen) atoms. The standard InChI is InChI=1S/C13H16O4/c1-5(2)12(14)16-10-7-4-8-9(6(7)3)11(10)17-13(8)15/h6-11H,1,4H2,2-3H3/t6-,7?,8?,9?,10?,11?/m1/s1. The maximum absolute atomic E-state index is 11.6. The van der Waals surface area contributed by atoms with Crippen molar-refractivity contribution in [3.8, 4) is 0 Å². The molecule has 2 bridgehead atoms. The Bertz CT molecular complexity index is 414. The molecule has 3 fully saturated rings. The minimum atomic E-state index is -0.380. The smallest absolute Gasteiger partial charge is 0.333 e. The van der Waals surface area contributed by atoms with E-state index in [1.807, 2.05) is 0 Å². The summed E-state index contributed by atoms with van der Waals surface area (Å²) in [4.78, 5) is 23.2. The third-order valence-corrected chi connectivity index (χ3v) is 4.54. The highest BCUT2D eigenvalue weighted by Gasteiger charge is 2.66. The summed E-state index contributed by atoms with van der Waals surface area (Å²) < 4.78 is 10.8. The molecule has 3 rings (SSSR count). The zero-order valence-corrected chi connectivity index (χ0v) is 10.0. The molecule has 5 unspecified atom stereocenters. The molecule has 92 valence electrons. The van der Waals surface area contributed by atoms with Crippen molar-refractivity contribution in [3.05, 3.63) is 12.2 Å². The minimum Gasteiger partial charge on any atom is -0.458 e. The molecule has 4 heteroatoms. The van der Waals surface area contributed by atoms with Crippen molar-refractivity contribution < 1.29 is 19.1 Å². The van der Waals surface area contributed by atoms with Crippen LogP contribution in [0.3, 0.4) is 0 Å². The first-order valence-electron chi connectivity index (χ1n) is 6.07. The molecule has 0 spiro atoms. The number of ether oxygens (including phenoxy) is 2. The van der Waals surface area contributed by atoms with Crippen molar-refractivity contribution in [1.82, 2.24) is 0 Å². The van der Waals surface area contributed by atoms with Gasteiger partial charge >= 0.3 is 11.9 Å². The molecule has 0 amide bonds. The van der Waals surface area contributed by atoms with Crippen LogP contribution in [0.4, 0.5) is 0 Å². The van der Waals surface area contributed by atoms with Crippen molar-refractivity contribution >= 4 is 11.9 Å². The Kier molecular flexibility index (Phi) is 2.12. The third kappa shape index (κ3) is 1.30. The van der Waals surface area contributed by atoms with Gasteiger partial charge < -0.3 is 9.47 Å². The summed E-state index contributed by atoms with van der Waals surface area (Å²) in [5.41, 5.74) is 0.390. The lowest BCUT2D eigenvalue weighted by Crippen LogP contribution is -2.36. The van der Waals surface area contributed by atoms with E-state index in [2.05, 4.69) is 13.5 Å². The first-order valence-corrected chi connectivity index (χ1v) is 6.07. The molecule has 6 atom stereocenters. The van der Waals surface area contributed by atoms with E-state index in [9.17, 15) is 9.59 Å². The second-order valence-corrected chi connectivity index (χ2v) is 5.49. The van der Waals surface area contributed by atoms with Gasteiger partial charge in [-0.15, -0.1) is 0 Å². The van der Waals surface area contributed by atoms with Crippen LogP contribution < -0.4 is 0 Å².